The van der Waals surface area contributed by atoms with Crippen molar-refractivity contribution in [3.63, 3.8) is 0 Å². The van der Waals surface area contributed by atoms with Gasteiger partial charge in [-0.05, 0) is 66.9 Å². The maximum atomic E-state index is 13.2. The third-order valence-corrected chi connectivity index (χ3v) is 6.25. The SMILES string of the molecule is Cc1cc(N)nc(C)c1CNC(=O)c1cc(Cc2ccc3ncc(Cl)cc3c2)nc(C2N=CNN2)c1. The number of nitrogen functional groups attached to an aromatic ring is 1. The third kappa shape index (κ3) is 5.12. The molecule has 1 atom stereocenters. The molecule has 9 nitrogen and oxygen atoms in total. The molecule has 182 valence electrons. The van der Waals surface area contributed by atoms with Crippen molar-refractivity contribution in [3.8, 4) is 0 Å². The zero-order chi connectivity index (χ0) is 25.2. The van der Waals surface area contributed by atoms with Crippen LogP contribution >= 0.6 is 11.6 Å². The number of aromatic nitrogens is 3. The van der Waals surface area contributed by atoms with Gasteiger partial charge in [0.2, 0.25) is 0 Å². The number of hydrogen-bond acceptors (Lipinski definition) is 8. The van der Waals surface area contributed by atoms with E-state index in [4.69, 9.17) is 22.3 Å². The average molecular weight is 501 g/mol. The number of nitrogens with two attached hydrogens (primary N) is 1. The van der Waals surface area contributed by atoms with Crippen LogP contribution < -0.4 is 21.9 Å². The van der Waals surface area contributed by atoms with Gasteiger partial charge in [0.1, 0.15) is 5.82 Å². The normalized spacial score (nSPS) is 14.7. The van der Waals surface area contributed by atoms with Gasteiger partial charge in [0.15, 0.2) is 6.17 Å². The summed E-state index contributed by atoms with van der Waals surface area (Å²) in [4.78, 5) is 31.0. The molecule has 0 saturated heterocycles. The van der Waals surface area contributed by atoms with Gasteiger partial charge in [-0.15, -0.1) is 0 Å². The highest BCUT2D eigenvalue weighted by Crippen LogP contribution is 2.22. The number of benzene rings is 1. The molecular weight excluding hydrogens is 476 g/mol. The molecule has 5 N–H and O–H groups in total. The van der Waals surface area contributed by atoms with Gasteiger partial charge in [-0.3, -0.25) is 14.8 Å². The van der Waals surface area contributed by atoms with Crippen molar-refractivity contribution >= 4 is 40.6 Å². The quantitative estimate of drug-likeness (QED) is 0.318. The van der Waals surface area contributed by atoms with Gasteiger partial charge >= 0.3 is 0 Å². The second kappa shape index (κ2) is 9.88. The Kier molecular flexibility index (Phi) is 6.49. The number of hydrogen-bond donors (Lipinski definition) is 4. The molecule has 1 unspecified atom stereocenters. The number of hydrazine groups is 1. The lowest BCUT2D eigenvalue weighted by Crippen LogP contribution is -2.28. The van der Waals surface area contributed by atoms with Crippen LogP contribution in [0, 0.1) is 13.8 Å². The monoisotopic (exact) mass is 500 g/mol. The average Bonchev–Trinajstić information content (AvgIpc) is 3.38. The molecule has 0 radical (unpaired) electrons. The molecule has 0 saturated carbocycles. The highest BCUT2D eigenvalue weighted by molar-refractivity contribution is 6.31. The van der Waals surface area contributed by atoms with Crippen LogP contribution in [0.2, 0.25) is 5.02 Å². The fraction of sp³-hybridized carbons (Fsp3) is 0.192. The number of halogens is 1. The summed E-state index contributed by atoms with van der Waals surface area (Å²) in [5.74, 6) is 0.258. The van der Waals surface area contributed by atoms with Crippen LogP contribution in [0.25, 0.3) is 10.9 Å². The lowest BCUT2D eigenvalue weighted by atomic mass is 10.0. The smallest absolute Gasteiger partial charge is 0.251 e. The summed E-state index contributed by atoms with van der Waals surface area (Å²) in [6, 6.07) is 13.3. The number of carbonyl (C=O) groups is 1. The molecule has 1 amide bonds. The first-order chi connectivity index (χ1) is 17.4. The largest absolute Gasteiger partial charge is 0.384 e. The molecule has 0 spiro atoms. The van der Waals surface area contributed by atoms with E-state index in [9.17, 15) is 4.79 Å². The molecule has 0 aliphatic carbocycles. The van der Waals surface area contributed by atoms with Crippen molar-refractivity contribution in [2.45, 2.75) is 33.0 Å². The van der Waals surface area contributed by atoms with Crippen LogP contribution in [0.5, 0.6) is 0 Å². The number of rotatable bonds is 6. The van der Waals surface area contributed by atoms with Gasteiger partial charge in [0, 0.05) is 41.5 Å². The van der Waals surface area contributed by atoms with Crippen LogP contribution in [0.1, 0.15) is 50.3 Å². The Bertz CT molecular complexity index is 1480. The van der Waals surface area contributed by atoms with Crippen LogP contribution in [-0.4, -0.2) is 27.2 Å². The fourth-order valence-corrected chi connectivity index (χ4v) is 4.45. The number of aryl methyl sites for hydroxylation is 2. The Morgan fingerprint density at radius 1 is 1.14 bits per heavy atom. The third-order valence-electron chi connectivity index (χ3n) is 6.05. The maximum absolute atomic E-state index is 13.2. The topological polar surface area (TPSA) is 130 Å². The van der Waals surface area contributed by atoms with Gasteiger partial charge < -0.3 is 16.5 Å². The highest BCUT2D eigenvalue weighted by atomic mass is 35.5. The summed E-state index contributed by atoms with van der Waals surface area (Å²) < 4.78 is 0. The zero-order valence-corrected chi connectivity index (χ0v) is 20.6. The lowest BCUT2D eigenvalue weighted by molar-refractivity contribution is 0.0950. The molecule has 4 aromatic rings. The minimum Gasteiger partial charge on any atom is -0.384 e. The molecule has 5 rings (SSSR count). The molecule has 4 heterocycles. The molecule has 1 aliphatic heterocycles. The van der Waals surface area contributed by atoms with Crippen LogP contribution in [0.15, 0.2) is 53.7 Å². The van der Waals surface area contributed by atoms with E-state index in [2.05, 4.69) is 31.1 Å². The summed E-state index contributed by atoms with van der Waals surface area (Å²) in [6.07, 6.45) is 3.34. The minimum atomic E-state index is -0.387. The van der Waals surface area contributed by atoms with Gasteiger partial charge in [-0.1, -0.05) is 17.7 Å². The standard InChI is InChI=1S/C26H25ClN8O/c1-14-5-24(28)33-15(2)21(14)12-30-26(36)18-9-20(34-23(10-18)25-31-13-32-35-25)7-16-3-4-22-17(6-16)8-19(27)11-29-22/h3-6,8-11,13,25,35H,7,12H2,1-2H3,(H2,28,33)(H,30,36)(H,31,32). The molecule has 0 fully saturated rings. The van der Waals surface area contributed by atoms with Gasteiger partial charge in [0.05, 0.1) is 22.6 Å². The van der Waals surface area contributed by atoms with E-state index in [0.29, 0.717) is 35.1 Å². The Morgan fingerprint density at radius 2 is 2.00 bits per heavy atom. The summed E-state index contributed by atoms with van der Waals surface area (Å²) in [6.45, 7) is 4.19. The lowest BCUT2D eigenvalue weighted by Gasteiger charge is -2.14. The Morgan fingerprint density at radius 3 is 2.78 bits per heavy atom. The number of nitrogens with zero attached hydrogens (tertiary/aromatic N) is 4. The van der Waals surface area contributed by atoms with E-state index in [0.717, 1.165) is 39.0 Å². The molecule has 1 aromatic carbocycles. The van der Waals surface area contributed by atoms with Crippen molar-refractivity contribution in [1.82, 2.24) is 31.1 Å². The van der Waals surface area contributed by atoms with Crippen molar-refractivity contribution < 1.29 is 4.79 Å². The summed E-state index contributed by atoms with van der Waals surface area (Å²) in [5, 5.41) is 4.54. The number of anilines is 1. The zero-order valence-electron chi connectivity index (χ0n) is 19.8. The second-order valence-electron chi connectivity index (χ2n) is 8.71. The summed E-state index contributed by atoms with van der Waals surface area (Å²) >= 11 is 6.13. The maximum Gasteiger partial charge on any atom is 0.251 e. The first-order valence-electron chi connectivity index (χ1n) is 11.4. The van der Waals surface area contributed by atoms with Crippen LogP contribution in [0.3, 0.4) is 0 Å². The van der Waals surface area contributed by atoms with Crippen molar-refractivity contribution in [2.24, 2.45) is 4.99 Å². The van der Waals surface area contributed by atoms with E-state index in [1.807, 2.05) is 44.2 Å². The minimum absolute atomic E-state index is 0.208. The Labute approximate surface area is 213 Å². The van der Waals surface area contributed by atoms with Crippen LogP contribution in [0.4, 0.5) is 5.82 Å². The summed E-state index contributed by atoms with van der Waals surface area (Å²) in [7, 11) is 0. The van der Waals surface area contributed by atoms with Crippen LogP contribution in [-0.2, 0) is 13.0 Å². The van der Waals surface area contributed by atoms with Crippen molar-refractivity contribution in [1.29, 1.82) is 0 Å². The molecule has 0 bridgehead atoms. The molecule has 36 heavy (non-hydrogen) atoms. The highest BCUT2D eigenvalue weighted by Gasteiger charge is 2.19. The van der Waals surface area contributed by atoms with E-state index < -0.39 is 0 Å². The number of carbonyl (C=O) groups excluding carboxylic acids is 1. The van der Waals surface area contributed by atoms with Gasteiger partial charge in [-0.2, -0.15) is 0 Å². The number of pyridine rings is 3. The molecule has 3 aromatic heterocycles. The summed E-state index contributed by atoms with van der Waals surface area (Å²) in [5.41, 5.74) is 18.2. The number of amides is 1. The molecule has 10 heteroatoms. The van der Waals surface area contributed by atoms with E-state index in [1.54, 1.807) is 24.7 Å². The fourth-order valence-electron chi connectivity index (χ4n) is 4.29. The van der Waals surface area contributed by atoms with E-state index in [1.165, 1.54) is 0 Å². The molecule has 1 aliphatic rings. The first-order valence-corrected chi connectivity index (χ1v) is 11.8. The second-order valence-corrected chi connectivity index (χ2v) is 9.15. The van der Waals surface area contributed by atoms with E-state index in [-0.39, 0.29) is 12.1 Å². The van der Waals surface area contributed by atoms with E-state index >= 15 is 0 Å². The molecular formula is C26H25ClN8O. The van der Waals surface area contributed by atoms with Crippen molar-refractivity contribution in [2.75, 3.05) is 5.73 Å². The number of aliphatic imine (C=N–C) groups is 1. The number of nitrogens with one attached hydrogen (secondary N) is 3. The van der Waals surface area contributed by atoms with Crippen molar-refractivity contribution in [3.05, 3.63) is 93.0 Å². The predicted octanol–water partition coefficient (Wildman–Crippen LogP) is 3.53. The van der Waals surface area contributed by atoms with Gasteiger partial charge in [-0.25, -0.2) is 15.4 Å². The first kappa shape index (κ1) is 23.7. The Balaban J connectivity index is 1.43. The predicted molar refractivity (Wildman–Crippen MR) is 141 cm³/mol. The Hall–Kier alpha value is -4.08. The number of fused-ring (bicyclic) bond motifs is 1. The van der Waals surface area contributed by atoms with Gasteiger partial charge in [0.25, 0.3) is 5.91 Å².